The molecule has 13 heteroatoms. The summed E-state index contributed by atoms with van der Waals surface area (Å²) in [7, 11) is -3.27. The van der Waals surface area contributed by atoms with Gasteiger partial charge in [0.2, 0.25) is 10.0 Å². The first kappa shape index (κ1) is 23.4. The molecular weight excluding hydrogens is 497 g/mol. The van der Waals surface area contributed by atoms with Crippen molar-refractivity contribution in [3.05, 3.63) is 71.0 Å². The number of anilines is 1. The Kier molecular flexibility index (Phi) is 6.03. The van der Waals surface area contributed by atoms with Crippen LogP contribution in [0.25, 0.3) is 11.3 Å². The molecule has 0 saturated carbocycles. The maximum atomic E-state index is 14.8. The van der Waals surface area contributed by atoms with E-state index in [2.05, 4.69) is 20.5 Å². The molecule has 0 aliphatic carbocycles. The van der Waals surface area contributed by atoms with E-state index in [-0.39, 0.29) is 28.0 Å². The summed E-state index contributed by atoms with van der Waals surface area (Å²) < 4.78 is 42.8. The van der Waals surface area contributed by atoms with Gasteiger partial charge in [-0.2, -0.15) is 10.2 Å². The highest BCUT2D eigenvalue weighted by molar-refractivity contribution is 7.88. The van der Waals surface area contributed by atoms with E-state index in [1.165, 1.54) is 44.2 Å². The quantitative estimate of drug-likeness (QED) is 0.435. The molecule has 10 nitrogen and oxygen atoms in total. The molecule has 4 heterocycles. The van der Waals surface area contributed by atoms with E-state index in [9.17, 15) is 17.6 Å². The third kappa shape index (κ3) is 4.64. The summed E-state index contributed by atoms with van der Waals surface area (Å²) in [6.45, 7) is 0.725. The number of sulfonamides is 1. The van der Waals surface area contributed by atoms with Gasteiger partial charge >= 0.3 is 0 Å². The van der Waals surface area contributed by atoms with E-state index in [0.717, 1.165) is 0 Å². The molecule has 1 aliphatic rings. The molecule has 0 spiro atoms. The van der Waals surface area contributed by atoms with Crippen molar-refractivity contribution in [1.29, 1.82) is 0 Å². The highest BCUT2D eigenvalue weighted by Crippen LogP contribution is 2.32. The Hall–Kier alpha value is -3.35. The first-order valence-electron chi connectivity index (χ1n) is 10.8. The van der Waals surface area contributed by atoms with Crippen LogP contribution in [0.15, 0.2) is 48.9 Å². The summed E-state index contributed by atoms with van der Waals surface area (Å²) in [6, 6.07) is 7.57. The number of halogens is 2. The molecular formula is C22H21ClFN7O3S. The SMILES string of the molecule is CS(=O)(=O)N1CCC(c2cc(NC(=O)c3cnn4cccnc34)n(-c3ccc(Cl)cc3F)n2)CC1. The minimum absolute atomic E-state index is 0.0566. The monoisotopic (exact) mass is 517 g/mol. The molecule has 0 radical (unpaired) electrons. The average molecular weight is 518 g/mol. The molecule has 0 bridgehead atoms. The Bertz CT molecular complexity index is 1530. The zero-order chi connectivity index (χ0) is 24.7. The van der Waals surface area contributed by atoms with Gasteiger partial charge in [-0.05, 0) is 37.1 Å². The van der Waals surface area contributed by atoms with Crippen LogP contribution in [0.3, 0.4) is 0 Å². The summed E-state index contributed by atoms with van der Waals surface area (Å²) in [5, 5.41) is 11.8. The van der Waals surface area contributed by atoms with Crippen molar-refractivity contribution in [1.82, 2.24) is 28.7 Å². The molecule has 1 aromatic carbocycles. The van der Waals surface area contributed by atoms with Crippen molar-refractivity contribution >= 4 is 39.0 Å². The van der Waals surface area contributed by atoms with Crippen molar-refractivity contribution in [3.8, 4) is 5.69 Å². The number of aromatic nitrogens is 5. The number of amides is 1. The average Bonchev–Trinajstić information content (AvgIpc) is 3.43. The summed E-state index contributed by atoms with van der Waals surface area (Å²) >= 11 is 5.92. The van der Waals surface area contributed by atoms with Crippen LogP contribution in [-0.2, 0) is 10.0 Å². The van der Waals surface area contributed by atoms with Gasteiger partial charge in [-0.15, -0.1) is 0 Å². The summed E-state index contributed by atoms with van der Waals surface area (Å²) in [5.41, 5.74) is 1.36. The van der Waals surface area contributed by atoms with Gasteiger partial charge in [-0.3, -0.25) is 4.79 Å². The Balaban J connectivity index is 1.49. The standard InChI is InChI=1S/C22H21ClFN7O3S/c1-35(33,34)29-9-5-14(6-10-29)18-12-20(31(28-18)19-4-3-15(23)11-17(19)24)27-22(32)16-13-26-30-8-2-7-25-21(16)30/h2-4,7-8,11-14H,5-6,9-10H2,1H3,(H,27,32). The lowest BCUT2D eigenvalue weighted by Gasteiger charge is -2.29. The highest BCUT2D eigenvalue weighted by atomic mass is 35.5. The van der Waals surface area contributed by atoms with Gasteiger partial charge in [-0.1, -0.05) is 11.6 Å². The number of carbonyl (C=O) groups is 1. The normalized spacial score (nSPS) is 15.5. The number of carbonyl (C=O) groups excluding carboxylic acids is 1. The first-order valence-corrected chi connectivity index (χ1v) is 13.0. The van der Waals surface area contributed by atoms with Gasteiger partial charge in [0.25, 0.3) is 5.91 Å². The second-order valence-electron chi connectivity index (χ2n) is 8.30. The summed E-state index contributed by atoms with van der Waals surface area (Å²) in [6.07, 6.45) is 6.93. The Morgan fingerprint density at radius 1 is 1.23 bits per heavy atom. The maximum absolute atomic E-state index is 14.8. The van der Waals surface area contributed by atoms with Crippen molar-refractivity contribution in [2.24, 2.45) is 0 Å². The number of benzene rings is 1. The van der Waals surface area contributed by atoms with Crippen LogP contribution in [0.2, 0.25) is 5.02 Å². The van der Waals surface area contributed by atoms with Crippen LogP contribution < -0.4 is 5.32 Å². The summed E-state index contributed by atoms with van der Waals surface area (Å²) in [4.78, 5) is 17.3. The number of rotatable bonds is 5. The van der Waals surface area contributed by atoms with Crippen LogP contribution in [0, 0.1) is 5.82 Å². The van der Waals surface area contributed by atoms with Gasteiger partial charge in [0.15, 0.2) is 5.65 Å². The predicted octanol–water partition coefficient (Wildman–Crippen LogP) is 3.10. The zero-order valence-corrected chi connectivity index (χ0v) is 20.2. The third-order valence-corrected chi connectivity index (χ3v) is 7.51. The van der Waals surface area contributed by atoms with Crippen molar-refractivity contribution in [3.63, 3.8) is 0 Å². The lowest BCUT2D eigenvalue weighted by atomic mass is 9.95. The summed E-state index contributed by atoms with van der Waals surface area (Å²) in [5.74, 6) is -0.884. The molecule has 3 aromatic heterocycles. The molecule has 182 valence electrons. The van der Waals surface area contributed by atoms with Crippen molar-refractivity contribution in [2.75, 3.05) is 24.7 Å². The maximum Gasteiger partial charge on any atom is 0.262 e. The molecule has 1 aliphatic heterocycles. The Labute approximate surface area is 205 Å². The van der Waals surface area contributed by atoms with E-state index in [0.29, 0.717) is 37.3 Å². The van der Waals surface area contributed by atoms with E-state index in [4.69, 9.17) is 11.6 Å². The predicted molar refractivity (Wildman–Crippen MR) is 128 cm³/mol. The third-order valence-electron chi connectivity index (χ3n) is 5.97. The van der Waals surface area contributed by atoms with Gasteiger partial charge in [0.1, 0.15) is 22.9 Å². The Morgan fingerprint density at radius 2 is 2.00 bits per heavy atom. The fourth-order valence-electron chi connectivity index (χ4n) is 4.18. The molecule has 0 unspecified atom stereocenters. The number of nitrogens with one attached hydrogen (secondary N) is 1. The number of hydrogen-bond acceptors (Lipinski definition) is 6. The smallest absolute Gasteiger partial charge is 0.262 e. The number of hydrogen-bond donors (Lipinski definition) is 1. The lowest BCUT2D eigenvalue weighted by Crippen LogP contribution is -2.37. The van der Waals surface area contributed by atoms with Crippen LogP contribution >= 0.6 is 11.6 Å². The van der Waals surface area contributed by atoms with Crippen LogP contribution in [-0.4, -0.2) is 62.4 Å². The largest absolute Gasteiger partial charge is 0.306 e. The molecule has 5 rings (SSSR count). The molecule has 4 aromatic rings. The van der Waals surface area contributed by atoms with Gasteiger partial charge in [-0.25, -0.2) is 31.3 Å². The second kappa shape index (κ2) is 9.02. The Morgan fingerprint density at radius 3 is 2.71 bits per heavy atom. The van der Waals surface area contributed by atoms with Crippen LogP contribution in [0.4, 0.5) is 10.2 Å². The molecule has 35 heavy (non-hydrogen) atoms. The molecule has 0 atom stereocenters. The lowest BCUT2D eigenvalue weighted by molar-refractivity contribution is 0.102. The minimum Gasteiger partial charge on any atom is -0.306 e. The molecule has 1 amide bonds. The number of fused-ring (bicyclic) bond motifs is 1. The second-order valence-corrected chi connectivity index (χ2v) is 10.7. The van der Waals surface area contributed by atoms with Crippen molar-refractivity contribution < 1.29 is 17.6 Å². The molecule has 1 saturated heterocycles. The van der Waals surface area contributed by atoms with Gasteiger partial charge in [0, 0.05) is 42.5 Å². The van der Waals surface area contributed by atoms with Crippen LogP contribution in [0.5, 0.6) is 0 Å². The van der Waals surface area contributed by atoms with Gasteiger partial charge < -0.3 is 5.32 Å². The number of nitrogens with zero attached hydrogens (tertiary/aromatic N) is 6. The minimum atomic E-state index is -3.27. The van der Waals surface area contributed by atoms with Crippen molar-refractivity contribution in [2.45, 2.75) is 18.8 Å². The van der Waals surface area contributed by atoms with Gasteiger partial charge in [0.05, 0.1) is 18.1 Å². The van der Waals surface area contributed by atoms with E-state index < -0.39 is 21.7 Å². The molecule has 1 fully saturated rings. The zero-order valence-electron chi connectivity index (χ0n) is 18.6. The number of piperidine rings is 1. The fraction of sp³-hybridized carbons (Fsp3) is 0.273. The van der Waals surface area contributed by atoms with E-state index >= 15 is 0 Å². The van der Waals surface area contributed by atoms with E-state index in [1.54, 1.807) is 24.5 Å². The highest BCUT2D eigenvalue weighted by Gasteiger charge is 2.29. The van der Waals surface area contributed by atoms with E-state index in [1.807, 2.05) is 0 Å². The molecule has 1 N–H and O–H groups in total. The van der Waals surface area contributed by atoms with Crippen LogP contribution in [0.1, 0.15) is 34.8 Å². The topological polar surface area (TPSA) is 114 Å². The first-order chi connectivity index (χ1) is 16.7. The fourth-order valence-corrected chi connectivity index (χ4v) is 5.21.